The highest BCUT2D eigenvalue weighted by atomic mass is 32.2. The third-order valence-electron chi connectivity index (χ3n) is 3.96. The predicted octanol–water partition coefficient (Wildman–Crippen LogP) is 4.96. The summed E-state index contributed by atoms with van der Waals surface area (Å²) < 4.78 is 0. The highest BCUT2D eigenvalue weighted by Gasteiger charge is 2.19. The molecule has 3 aromatic rings. The number of rotatable bonds is 6. The monoisotopic (exact) mass is 363 g/mol. The van der Waals surface area contributed by atoms with Gasteiger partial charge < -0.3 is 5.32 Å². The molecular formula is C21H21N3OS. The molecule has 26 heavy (non-hydrogen) atoms. The van der Waals surface area contributed by atoms with E-state index in [1.54, 1.807) is 6.33 Å². The normalized spacial score (nSPS) is 11.8. The number of nitrogens with one attached hydrogen (secondary N) is 1. The van der Waals surface area contributed by atoms with E-state index in [-0.39, 0.29) is 11.2 Å². The number of nitrogens with zero attached hydrogens (tertiary/aromatic N) is 2. The Kier molecular flexibility index (Phi) is 6.02. The van der Waals surface area contributed by atoms with E-state index in [9.17, 15) is 4.79 Å². The maximum absolute atomic E-state index is 12.6. The van der Waals surface area contributed by atoms with Gasteiger partial charge in [-0.3, -0.25) is 4.79 Å². The first kappa shape index (κ1) is 18.1. The smallest absolute Gasteiger partial charge is 0.237 e. The summed E-state index contributed by atoms with van der Waals surface area (Å²) in [6.07, 6.45) is 2.27. The lowest BCUT2D eigenvalue weighted by Crippen LogP contribution is -2.24. The highest BCUT2D eigenvalue weighted by molar-refractivity contribution is 8.00. The van der Waals surface area contributed by atoms with Gasteiger partial charge >= 0.3 is 0 Å². The third kappa shape index (κ3) is 4.70. The molecule has 0 saturated carbocycles. The van der Waals surface area contributed by atoms with Gasteiger partial charge in [0.2, 0.25) is 5.91 Å². The number of hydrogen-bond acceptors (Lipinski definition) is 4. The molecule has 1 amide bonds. The minimum atomic E-state index is -0.213. The Morgan fingerprint density at radius 1 is 1.08 bits per heavy atom. The highest BCUT2D eigenvalue weighted by Crippen LogP contribution is 2.27. The van der Waals surface area contributed by atoms with Crippen LogP contribution in [0.5, 0.6) is 0 Å². The zero-order valence-corrected chi connectivity index (χ0v) is 15.7. The Bertz CT molecular complexity index is 866. The number of carbonyl (C=O) groups is 1. The number of thioether (sulfide) groups is 1. The van der Waals surface area contributed by atoms with Crippen LogP contribution in [0, 0.1) is 6.92 Å². The van der Waals surface area contributed by atoms with Gasteiger partial charge in [-0.15, -0.1) is 0 Å². The number of benzene rings is 2. The van der Waals surface area contributed by atoms with Crippen LogP contribution in [0.4, 0.5) is 5.69 Å². The number of anilines is 1. The van der Waals surface area contributed by atoms with Crippen LogP contribution in [-0.4, -0.2) is 21.1 Å². The molecule has 1 heterocycles. The van der Waals surface area contributed by atoms with Crippen LogP contribution in [0.25, 0.3) is 11.3 Å². The minimum absolute atomic E-state index is 0.0128. The van der Waals surface area contributed by atoms with Crippen molar-refractivity contribution >= 4 is 23.4 Å². The summed E-state index contributed by atoms with van der Waals surface area (Å²) in [4.78, 5) is 21.3. The van der Waals surface area contributed by atoms with E-state index in [2.05, 4.69) is 15.3 Å². The molecule has 0 aliphatic rings. The van der Waals surface area contributed by atoms with Crippen LogP contribution in [0.2, 0.25) is 0 Å². The van der Waals surface area contributed by atoms with Crippen LogP contribution in [0.15, 0.2) is 72.0 Å². The average molecular weight is 363 g/mol. The lowest BCUT2D eigenvalue weighted by Gasteiger charge is -2.14. The molecule has 0 saturated heterocycles. The minimum Gasteiger partial charge on any atom is -0.325 e. The number of hydrogen-bond donors (Lipinski definition) is 1. The Hall–Kier alpha value is -2.66. The topological polar surface area (TPSA) is 54.9 Å². The van der Waals surface area contributed by atoms with Gasteiger partial charge in [0.25, 0.3) is 0 Å². The van der Waals surface area contributed by atoms with E-state index >= 15 is 0 Å². The molecule has 0 bridgehead atoms. The van der Waals surface area contributed by atoms with Crippen molar-refractivity contribution in [3.05, 3.63) is 72.6 Å². The first-order valence-electron chi connectivity index (χ1n) is 8.57. The van der Waals surface area contributed by atoms with Crippen molar-refractivity contribution in [1.82, 2.24) is 9.97 Å². The molecule has 3 rings (SSSR count). The van der Waals surface area contributed by atoms with Crippen molar-refractivity contribution in [1.29, 1.82) is 0 Å². The van der Waals surface area contributed by atoms with E-state index < -0.39 is 0 Å². The molecule has 1 N–H and O–H groups in total. The van der Waals surface area contributed by atoms with Crippen molar-refractivity contribution in [2.75, 3.05) is 5.32 Å². The zero-order chi connectivity index (χ0) is 18.4. The molecule has 0 spiro atoms. The van der Waals surface area contributed by atoms with E-state index in [1.165, 1.54) is 17.3 Å². The quantitative estimate of drug-likeness (QED) is 0.497. The fourth-order valence-electron chi connectivity index (χ4n) is 2.50. The van der Waals surface area contributed by atoms with Gasteiger partial charge in [-0.2, -0.15) is 0 Å². The molecule has 0 aliphatic carbocycles. The number of amides is 1. The molecule has 4 nitrogen and oxygen atoms in total. The maximum Gasteiger partial charge on any atom is 0.237 e. The second-order valence-corrected chi connectivity index (χ2v) is 7.20. The molecular weight excluding hydrogens is 342 g/mol. The SMILES string of the molecule is CC[C@H](Sc1cc(-c2ccccc2)ncn1)C(=O)Nc1ccc(C)cc1. The second kappa shape index (κ2) is 8.63. The van der Waals surface area contributed by atoms with Crippen molar-refractivity contribution in [2.45, 2.75) is 30.5 Å². The Morgan fingerprint density at radius 2 is 1.81 bits per heavy atom. The van der Waals surface area contributed by atoms with Crippen LogP contribution in [0.1, 0.15) is 18.9 Å². The summed E-state index contributed by atoms with van der Waals surface area (Å²) in [6.45, 7) is 4.03. The Balaban J connectivity index is 1.71. The predicted molar refractivity (Wildman–Crippen MR) is 107 cm³/mol. The van der Waals surface area contributed by atoms with Gasteiger partial charge in [0.15, 0.2) is 0 Å². The number of aromatic nitrogens is 2. The van der Waals surface area contributed by atoms with Crippen molar-refractivity contribution in [3.8, 4) is 11.3 Å². The Labute approximate surface area is 158 Å². The summed E-state index contributed by atoms with van der Waals surface area (Å²) in [5.41, 5.74) is 3.87. The van der Waals surface area contributed by atoms with Crippen LogP contribution in [-0.2, 0) is 4.79 Å². The standard InChI is InChI=1S/C21H21N3OS/c1-3-19(21(25)24-17-11-9-15(2)10-12-17)26-20-13-18(22-14-23-20)16-7-5-4-6-8-16/h4-14,19H,3H2,1-2H3,(H,24,25)/t19-/m0/s1. The van der Waals surface area contributed by atoms with E-state index in [4.69, 9.17) is 0 Å². The molecule has 0 aliphatic heterocycles. The van der Waals surface area contributed by atoms with Gasteiger partial charge in [0, 0.05) is 11.3 Å². The van der Waals surface area contributed by atoms with Gasteiger partial charge in [-0.05, 0) is 31.5 Å². The lowest BCUT2D eigenvalue weighted by molar-refractivity contribution is -0.115. The van der Waals surface area contributed by atoms with Crippen LogP contribution in [0.3, 0.4) is 0 Å². The number of carbonyl (C=O) groups excluding carboxylic acids is 1. The molecule has 0 fully saturated rings. The first-order valence-corrected chi connectivity index (χ1v) is 9.45. The van der Waals surface area contributed by atoms with Crippen LogP contribution >= 0.6 is 11.8 Å². The van der Waals surface area contributed by atoms with Crippen molar-refractivity contribution in [3.63, 3.8) is 0 Å². The van der Waals surface area contributed by atoms with Crippen molar-refractivity contribution in [2.24, 2.45) is 0 Å². The average Bonchev–Trinajstić information content (AvgIpc) is 2.68. The van der Waals surface area contributed by atoms with Crippen LogP contribution < -0.4 is 5.32 Å². The first-order chi connectivity index (χ1) is 12.7. The Morgan fingerprint density at radius 3 is 2.50 bits per heavy atom. The van der Waals surface area contributed by atoms with Gasteiger partial charge in [-0.1, -0.05) is 66.7 Å². The molecule has 5 heteroatoms. The van der Waals surface area contributed by atoms with Gasteiger partial charge in [0.1, 0.15) is 11.4 Å². The largest absolute Gasteiger partial charge is 0.325 e. The summed E-state index contributed by atoms with van der Waals surface area (Å²) >= 11 is 1.46. The van der Waals surface area contributed by atoms with Crippen molar-refractivity contribution < 1.29 is 4.79 Å². The van der Waals surface area contributed by atoms with Gasteiger partial charge in [-0.25, -0.2) is 9.97 Å². The molecule has 1 atom stereocenters. The fraction of sp³-hybridized carbons (Fsp3) is 0.190. The lowest BCUT2D eigenvalue weighted by atomic mass is 10.1. The summed E-state index contributed by atoms with van der Waals surface area (Å²) in [5, 5.41) is 3.57. The molecule has 132 valence electrons. The molecule has 0 radical (unpaired) electrons. The summed E-state index contributed by atoms with van der Waals surface area (Å²) in [6, 6.07) is 19.7. The van der Waals surface area contributed by atoms with E-state index in [1.807, 2.05) is 74.5 Å². The third-order valence-corrected chi connectivity index (χ3v) is 5.25. The molecule has 2 aromatic carbocycles. The summed E-state index contributed by atoms with van der Waals surface area (Å²) in [5.74, 6) is -0.0128. The zero-order valence-electron chi connectivity index (χ0n) is 14.8. The maximum atomic E-state index is 12.6. The number of aryl methyl sites for hydroxylation is 1. The molecule has 0 unspecified atom stereocenters. The van der Waals surface area contributed by atoms with E-state index in [0.29, 0.717) is 6.42 Å². The fourth-order valence-corrected chi connectivity index (χ4v) is 3.41. The summed E-state index contributed by atoms with van der Waals surface area (Å²) in [7, 11) is 0. The second-order valence-electron chi connectivity index (χ2n) is 5.98. The molecule has 1 aromatic heterocycles. The van der Waals surface area contributed by atoms with E-state index in [0.717, 1.165) is 22.0 Å². The van der Waals surface area contributed by atoms with Gasteiger partial charge in [0.05, 0.1) is 10.9 Å².